The highest BCUT2D eigenvalue weighted by molar-refractivity contribution is 5.12. The molecule has 0 aliphatic heterocycles. The lowest BCUT2D eigenvalue weighted by Gasteiger charge is -1.82. The summed E-state index contributed by atoms with van der Waals surface area (Å²) < 4.78 is 0. The second-order valence-corrected chi connectivity index (χ2v) is 3.31. The summed E-state index contributed by atoms with van der Waals surface area (Å²) in [5.41, 5.74) is 2.64. The van der Waals surface area contributed by atoms with Crippen molar-refractivity contribution in [2.75, 3.05) is 0 Å². The normalized spacial score (nSPS) is 6.95. The molecule has 0 fully saturated rings. The minimum atomic E-state index is 0. The fourth-order valence-corrected chi connectivity index (χ4v) is 1.07. The lowest BCUT2D eigenvalue weighted by molar-refractivity contribution is 1.48. The molecule has 0 aliphatic rings. The van der Waals surface area contributed by atoms with Crippen molar-refractivity contribution < 1.29 is 0 Å². The highest BCUT2D eigenvalue weighted by Crippen LogP contribution is 1.92. The molecule has 0 bridgehead atoms. The van der Waals surface area contributed by atoms with Crippen LogP contribution < -0.4 is 0 Å². The minimum absolute atomic E-state index is 0. The number of rotatable bonds is 0. The Morgan fingerprint density at radius 2 is 0.789 bits per heavy atom. The van der Waals surface area contributed by atoms with Crippen molar-refractivity contribution in [1.82, 2.24) is 0 Å². The summed E-state index contributed by atoms with van der Waals surface area (Å²) in [4.78, 5) is 0. The monoisotopic (exact) mass is 258 g/mol. The zero-order valence-electron chi connectivity index (χ0n) is 12.2. The standard InChI is InChI=1S/2C7H8.C2H6.C2H4.CH4/c2*1-7-5-3-2-4-6-7;2*1-2;/h2*2-6H,1H3;1-2H3;1-2H2;1H4. The van der Waals surface area contributed by atoms with Gasteiger partial charge in [0.1, 0.15) is 0 Å². The molecular weight excluding hydrogens is 228 g/mol. The third-order valence-corrected chi connectivity index (χ3v) is 1.88. The Balaban J connectivity index is -0.000000205. The zero-order valence-corrected chi connectivity index (χ0v) is 12.2. The average Bonchev–Trinajstić information content (AvgIpc) is 2.46. The maximum atomic E-state index is 3.00. The second-order valence-electron chi connectivity index (χ2n) is 3.31. The van der Waals surface area contributed by atoms with E-state index in [0.29, 0.717) is 0 Å². The van der Waals surface area contributed by atoms with Gasteiger partial charge in [0.25, 0.3) is 0 Å². The van der Waals surface area contributed by atoms with Gasteiger partial charge in [-0.3, -0.25) is 0 Å². The van der Waals surface area contributed by atoms with Crippen molar-refractivity contribution in [1.29, 1.82) is 0 Å². The van der Waals surface area contributed by atoms with Crippen molar-refractivity contribution >= 4 is 0 Å². The molecule has 0 saturated carbocycles. The maximum Gasteiger partial charge on any atom is -0.0398 e. The van der Waals surface area contributed by atoms with Gasteiger partial charge in [-0.1, -0.05) is 93.1 Å². The molecule has 0 N–H and O–H groups in total. The highest BCUT2D eigenvalue weighted by atomic mass is 13.8. The van der Waals surface area contributed by atoms with Crippen LogP contribution in [0.15, 0.2) is 73.8 Å². The van der Waals surface area contributed by atoms with E-state index in [-0.39, 0.29) is 7.43 Å². The van der Waals surface area contributed by atoms with Gasteiger partial charge in [-0.05, 0) is 13.8 Å². The van der Waals surface area contributed by atoms with Crippen LogP contribution in [0.3, 0.4) is 0 Å². The Labute approximate surface area is 120 Å². The van der Waals surface area contributed by atoms with E-state index in [0.717, 1.165) is 0 Å². The van der Waals surface area contributed by atoms with Gasteiger partial charge in [0.15, 0.2) is 0 Å². The van der Waals surface area contributed by atoms with Crippen LogP contribution in [0.1, 0.15) is 32.4 Å². The van der Waals surface area contributed by atoms with Crippen molar-refractivity contribution in [3.05, 3.63) is 84.9 Å². The van der Waals surface area contributed by atoms with Crippen LogP contribution >= 0.6 is 0 Å². The van der Waals surface area contributed by atoms with Gasteiger partial charge < -0.3 is 0 Å². The number of hydrogen-bond acceptors (Lipinski definition) is 0. The van der Waals surface area contributed by atoms with Crippen molar-refractivity contribution in [2.45, 2.75) is 35.1 Å². The lowest BCUT2D eigenvalue weighted by atomic mass is 10.2. The first-order valence-electron chi connectivity index (χ1n) is 6.32. The molecule has 0 atom stereocenters. The molecule has 0 radical (unpaired) electrons. The second kappa shape index (κ2) is 18.5. The summed E-state index contributed by atoms with van der Waals surface area (Å²) in [7, 11) is 0. The van der Waals surface area contributed by atoms with E-state index >= 15 is 0 Å². The van der Waals surface area contributed by atoms with Gasteiger partial charge in [-0.15, -0.1) is 13.2 Å². The van der Waals surface area contributed by atoms with Crippen LogP contribution in [-0.2, 0) is 0 Å². The smallest absolute Gasteiger partial charge is 0.0398 e. The lowest BCUT2D eigenvalue weighted by Crippen LogP contribution is -1.62. The van der Waals surface area contributed by atoms with Gasteiger partial charge in [0.05, 0.1) is 0 Å². The topological polar surface area (TPSA) is 0 Å². The molecule has 19 heavy (non-hydrogen) atoms. The van der Waals surface area contributed by atoms with Gasteiger partial charge in [-0.25, -0.2) is 0 Å². The van der Waals surface area contributed by atoms with Crippen molar-refractivity contribution in [3.8, 4) is 0 Å². The molecule has 0 heteroatoms. The average molecular weight is 258 g/mol. The van der Waals surface area contributed by atoms with Crippen LogP contribution in [0.2, 0.25) is 0 Å². The van der Waals surface area contributed by atoms with Crippen LogP contribution in [0.5, 0.6) is 0 Å². The predicted octanol–water partition coefficient (Wildman–Crippen LogP) is 6.45. The molecule has 0 nitrogen and oxygen atoms in total. The third-order valence-electron chi connectivity index (χ3n) is 1.88. The largest absolute Gasteiger partial charge is 0.106 e. The molecule has 2 rings (SSSR count). The Morgan fingerprint density at radius 3 is 0.895 bits per heavy atom. The molecule has 0 saturated heterocycles. The molecule has 0 amide bonds. The van der Waals surface area contributed by atoms with Gasteiger partial charge >= 0.3 is 0 Å². The number of hydrogen-bond donors (Lipinski definition) is 0. The quantitative estimate of drug-likeness (QED) is 0.476. The van der Waals surface area contributed by atoms with Crippen molar-refractivity contribution in [3.63, 3.8) is 0 Å². The summed E-state index contributed by atoms with van der Waals surface area (Å²) in [6, 6.07) is 20.5. The molecule has 0 spiro atoms. The maximum absolute atomic E-state index is 3.00. The fourth-order valence-electron chi connectivity index (χ4n) is 1.07. The zero-order chi connectivity index (χ0) is 14.2. The van der Waals surface area contributed by atoms with Crippen LogP contribution in [-0.4, -0.2) is 0 Å². The summed E-state index contributed by atoms with van der Waals surface area (Å²) >= 11 is 0. The molecule has 0 heterocycles. The first kappa shape index (κ1) is 22.4. The Morgan fingerprint density at radius 1 is 0.579 bits per heavy atom. The van der Waals surface area contributed by atoms with Crippen LogP contribution in [0.25, 0.3) is 0 Å². The van der Waals surface area contributed by atoms with Crippen LogP contribution in [0.4, 0.5) is 0 Å². The van der Waals surface area contributed by atoms with E-state index in [1.807, 2.05) is 50.2 Å². The van der Waals surface area contributed by atoms with E-state index in [1.165, 1.54) is 11.1 Å². The Hall–Kier alpha value is -1.82. The van der Waals surface area contributed by atoms with E-state index in [4.69, 9.17) is 0 Å². The molecule has 2 aromatic carbocycles. The van der Waals surface area contributed by atoms with Crippen molar-refractivity contribution in [2.24, 2.45) is 0 Å². The van der Waals surface area contributed by atoms with E-state index in [1.54, 1.807) is 0 Å². The third kappa shape index (κ3) is 16.2. The fraction of sp³-hybridized carbons (Fsp3) is 0.263. The molecule has 106 valence electrons. The van der Waals surface area contributed by atoms with Crippen LogP contribution in [0, 0.1) is 13.8 Å². The summed E-state index contributed by atoms with van der Waals surface area (Å²) in [5.74, 6) is 0. The summed E-state index contributed by atoms with van der Waals surface area (Å²) in [5, 5.41) is 0. The van der Waals surface area contributed by atoms with E-state index in [2.05, 4.69) is 51.3 Å². The SMILES string of the molecule is C.C=C.CC.Cc1ccccc1.Cc1ccccc1. The first-order valence-corrected chi connectivity index (χ1v) is 6.32. The number of aryl methyl sites for hydroxylation is 2. The van der Waals surface area contributed by atoms with E-state index in [9.17, 15) is 0 Å². The van der Waals surface area contributed by atoms with Gasteiger partial charge in [-0.2, -0.15) is 0 Å². The Kier molecular flexibility index (Phi) is 21.8. The Bertz CT molecular complexity index is 311. The van der Waals surface area contributed by atoms with Gasteiger partial charge in [0.2, 0.25) is 0 Å². The highest BCUT2D eigenvalue weighted by Gasteiger charge is 1.72. The molecular formula is C19H30. The summed E-state index contributed by atoms with van der Waals surface area (Å²) in [6.45, 7) is 14.2. The number of benzene rings is 2. The molecule has 0 unspecified atom stereocenters. The minimum Gasteiger partial charge on any atom is -0.106 e. The summed E-state index contributed by atoms with van der Waals surface area (Å²) in [6.07, 6.45) is 0. The molecule has 0 aliphatic carbocycles. The first-order chi connectivity index (χ1) is 8.79. The van der Waals surface area contributed by atoms with E-state index < -0.39 is 0 Å². The molecule has 2 aromatic rings. The molecule has 0 aromatic heterocycles. The predicted molar refractivity (Wildman–Crippen MR) is 91.7 cm³/mol. The van der Waals surface area contributed by atoms with Gasteiger partial charge in [0, 0.05) is 0 Å².